The molecule has 294 valence electrons. The minimum Gasteiger partial charge on any atom is -0.479 e. The highest BCUT2D eigenvalue weighted by atomic mass is 32.2. The van der Waals surface area contributed by atoms with Crippen molar-refractivity contribution in [2.24, 2.45) is 20.5 Å². The first kappa shape index (κ1) is 40.7. The van der Waals surface area contributed by atoms with Crippen molar-refractivity contribution in [1.29, 1.82) is 0 Å². The molecule has 0 radical (unpaired) electrons. The fraction of sp³-hybridized carbons (Fsp3) is 0.0606. The highest BCUT2D eigenvalue weighted by Gasteiger charge is 2.21. The summed E-state index contributed by atoms with van der Waals surface area (Å²) in [7, 11) is -14.2. The van der Waals surface area contributed by atoms with Gasteiger partial charge < -0.3 is 20.3 Å². The quantitative estimate of drug-likeness (QED) is 0.0348. The summed E-state index contributed by atoms with van der Waals surface area (Å²) in [6.07, 6.45) is 0. The molecule has 7 N–H and O–H groups in total. The lowest BCUT2D eigenvalue weighted by Crippen LogP contribution is -2.04. The highest BCUT2D eigenvalue weighted by molar-refractivity contribution is 7.93. The van der Waals surface area contributed by atoms with Gasteiger partial charge in [0.05, 0.1) is 32.5 Å². The maximum absolute atomic E-state index is 12.0. The van der Waals surface area contributed by atoms with Crippen LogP contribution in [-0.2, 0) is 30.4 Å². The number of azo groups is 2. The van der Waals surface area contributed by atoms with Crippen molar-refractivity contribution in [2.75, 3.05) is 10.6 Å². The maximum atomic E-state index is 12.0. The number of anilines is 4. The zero-order valence-electron chi connectivity index (χ0n) is 29.0. The first-order valence-electron chi connectivity index (χ1n) is 15.8. The lowest BCUT2D eigenvalue weighted by molar-refractivity contribution is 0.430. The van der Waals surface area contributed by atoms with E-state index in [1.807, 2.05) is 0 Å². The van der Waals surface area contributed by atoms with Gasteiger partial charge in [-0.05, 0) is 109 Å². The number of aromatic hydroxyl groups is 1. The molecule has 1 aromatic heterocycles. The minimum absolute atomic E-state index is 0.0151. The minimum atomic E-state index is -4.89. The molecular formula is C33H27N9O11S4. The zero-order chi connectivity index (χ0) is 41.3. The van der Waals surface area contributed by atoms with Crippen LogP contribution in [-0.4, -0.2) is 63.5 Å². The van der Waals surface area contributed by atoms with Crippen LogP contribution in [0.3, 0.4) is 0 Å². The van der Waals surface area contributed by atoms with E-state index in [4.69, 9.17) is 0 Å². The third kappa shape index (κ3) is 10.1. The van der Waals surface area contributed by atoms with E-state index in [0.29, 0.717) is 39.9 Å². The molecule has 0 saturated heterocycles. The van der Waals surface area contributed by atoms with Crippen LogP contribution in [0.4, 0.5) is 46.0 Å². The molecule has 0 bridgehead atoms. The normalized spacial score (nSPS) is 12.5. The number of nitrogens with one attached hydrogen (secondary N) is 2. The highest BCUT2D eigenvalue weighted by Crippen LogP contribution is 2.33. The Morgan fingerprint density at radius 2 is 1.12 bits per heavy atom. The topological polar surface area (TPSA) is 316 Å². The number of benzene rings is 5. The second-order valence-electron chi connectivity index (χ2n) is 11.9. The van der Waals surface area contributed by atoms with E-state index in [1.54, 1.807) is 50.2 Å². The molecule has 6 aromatic rings. The number of aryl methyl sites for hydroxylation is 2. The molecular weight excluding hydrogens is 827 g/mol. The van der Waals surface area contributed by atoms with Crippen molar-refractivity contribution < 1.29 is 48.6 Å². The van der Waals surface area contributed by atoms with E-state index in [0.717, 1.165) is 18.2 Å². The maximum Gasteiger partial charge on any atom is 0.320 e. The van der Waals surface area contributed by atoms with Gasteiger partial charge in [-0.2, -0.15) is 60.7 Å². The van der Waals surface area contributed by atoms with Gasteiger partial charge >= 0.3 is 6.01 Å². The Balaban J connectivity index is 1.16. The Morgan fingerprint density at radius 3 is 1.63 bits per heavy atom. The number of hydrogen-bond donors (Lipinski definition) is 7. The van der Waals surface area contributed by atoms with Gasteiger partial charge in [-0.1, -0.05) is 6.07 Å². The molecule has 0 aliphatic rings. The van der Waals surface area contributed by atoms with Gasteiger partial charge in [0, 0.05) is 33.7 Å². The Bertz CT molecular complexity index is 2980. The summed E-state index contributed by atoms with van der Waals surface area (Å²) in [5.74, 6) is -0.0323. The lowest BCUT2D eigenvalue weighted by atomic mass is 10.1. The van der Waals surface area contributed by atoms with Crippen LogP contribution < -0.4 is 10.6 Å². The summed E-state index contributed by atoms with van der Waals surface area (Å²) in [6, 6.07) is 18.6. The molecule has 0 aliphatic heterocycles. The first-order chi connectivity index (χ1) is 26.7. The third-order valence-corrected chi connectivity index (χ3v) is 10.8. The van der Waals surface area contributed by atoms with Gasteiger partial charge in [-0.25, -0.2) is 0 Å². The van der Waals surface area contributed by atoms with E-state index in [-0.39, 0.29) is 51.0 Å². The van der Waals surface area contributed by atoms with Gasteiger partial charge in [0.1, 0.15) is 4.90 Å². The van der Waals surface area contributed by atoms with E-state index in [2.05, 4.69) is 46.0 Å². The van der Waals surface area contributed by atoms with Gasteiger partial charge in [-0.3, -0.25) is 13.7 Å². The molecule has 57 heavy (non-hydrogen) atoms. The standard InChI is InChI=1S/C33H27N9O11S4/c1-17-9-20(5-7-28(17)41-39-22-4-3-19-11-25(55(45,46)47)16-30(27(19)14-22)57(51,52)53)34-31-36-32(38-33(43)37-31)35-21-6-8-29(18(2)10-21)42-40-23-12-24(54-44)15-26(13-23)56(48,49)50/h3-16,44H,1-2H3,(H,45,46,47)(H,48,49,50)(H,51,52,53)(H3,34,35,36,37,38,43). The molecule has 0 unspecified atom stereocenters. The van der Waals surface area contributed by atoms with Crippen LogP contribution in [0.15, 0.2) is 125 Å². The fourth-order valence-corrected chi connectivity index (χ4v) is 7.50. The Hall–Kier alpha value is -5.99. The summed E-state index contributed by atoms with van der Waals surface area (Å²) in [6.45, 7) is 3.47. The summed E-state index contributed by atoms with van der Waals surface area (Å²) >= 11 is 0.280. The molecule has 0 aliphatic carbocycles. The number of rotatable bonds is 12. The Morgan fingerprint density at radius 1 is 0.579 bits per heavy atom. The van der Waals surface area contributed by atoms with Crippen molar-refractivity contribution in [3.05, 3.63) is 96.1 Å². The van der Waals surface area contributed by atoms with Crippen molar-refractivity contribution in [3.63, 3.8) is 0 Å². The van der Waals surface area contributed by atoms with E-state index < -0.39 is 51.1 Å². The molecule has 20 nitrogen and oxygen atoms in total. The molecule has 0 atom stereocenters. The molecule has 1 heterocycles. The largest absolute Gasteiger partial charge is 0.479 e. The van der Waals surface area contributed by atoms with Crippen LogP contribution in [0.2, 0.25) is 0 Å². The SMILES string of the molecule is Cc1cc(Nc2nc(O)nc(Nc3ccc(N=Nc4ccc5cc(S(=O)(=O)O)cc(S(=O)(=O)O)c5c4)c(C)c3)n2)ccc1N=Nc1cc(SO)cc(S(=O)(=O)O)c1. The van der Waals surface area contributed by atoms with Gasteiger partial charge in [0.2, 0.25) is 11.9 Å². The predicted octanol–water partition coefficient (Wildman–Crippen LogP) is 7.97. The predicted molar refractivity (Wildman–Crippen MR) is 207 cm³/mol. The zero-order valence-corrected chi connectivity index (χ0v) is 32.3. The van der Waals surface area contributed by atoms with Crippen LogP contribution in [0, 0.1) is 13.8 Å². The molecule has 0 spiro atoms. The molecule has 24 heteroatoms. The smallest absolute Gasteiger partial charge is 0.320 e. The number of hydrogen-bond acceptors (Lipinski definition) is 18. The van der Waals surface area contributed by atoms with E-state index >= 15 is 0 Å². The summed E-state index contributed by atoms with van der Waals surface area (Å²) in [5, 5.41) is 32.8. The Labute approximate surface area is 328 Å². The molecule has 0 saturated carbocycles. The summed E-state index contributed by atoms with van der Waals surface area (Å²) in [5.41, 5.74) is 3.33. The van der Waals surface area contributed by atoms with Gasteiger partial charge in [0.25, 0.3) is 30.4 Å². The first-order valence-corrected chi connectivity index (χ1v) is 20.9. The number of aromatic nitrogens is 3. The summed E-state index contributed by atoms with van der Waals surface area (Å²) < 4.78 is 108. The average molecular weight is 854 g/mol. The fourth-order valence-electron chi connectivity index (χ4n) is 5.17. The lowest BCUT2D eigenvalue weighted by Gasteiger charge is -2.10. The summed E-state index contributed by atoms with van der Waals surface area (Å²) in [4.78, 5) is 10.4. The van der Waals surface area contributed by atoms with Crippen LogP contribution in [0.5, 0.6) is 6.01 Å². The van der Waals surface area contributed by atoms with Crippen molar-refractivity contribution in [1.82, 2.24) is 15.0 Å². The number of fused-ring (bicyclic) bond motifs is 1. The third-order valence-electron chi connectivity index (χ3n) is 7.79. The molecule has 5 aromatic carbocycles. The number of nitrogens with zero attached hydrogens (tertiary/aromatic N) is 7. The molecule has 0 fully saturated rings. The second-order valence-corrected chi connectivity index (χ2v) is 16.8. The van der Waals surface area contributed by atoms with Gasteiger partial charge in [0.15, 0.2) is 0 Å². The van der Waals surface area contributed by atoms with Crippen molar-refractivity contribution in [2.45, 2.75) is 33.4 Å². The van der Waals surface area contributed by atoms with Crippen molar-refractivity contribution in [3.8, 4) is 6.01 Å². The van der Waals surface area contributed by atoms with Crippen LogP contribution in [0.1, 0.15) is 11.1 Å². The van der Waals surface area contributed by atoms with Crippen molar-refractivity contribution >= 4 is 99.2 Å². The van der Waals surface area contributed by atoms with Crippen LogP contribution >= 0.6 is 12.0 Å². The molecule has 6 rings (SSSR count). The van der Waals surface area contributed by atoms with Gasteiger partial charge in [-0.15, -0.1) is 0 Å². The Kier molecular flexibility index (Phi) is 11.3. The molecule has 0 amide bonds. The van der Waals surface area contributed by atoms with Crippen LogP contribution in [0.25, 0.3) is 10.8 Å². The second kappa shape index (κ2) is 15.9. The average Bonchev–Trinajstić information content (AvgIpc) is 3.12. The van der Waals surface area contributed by atoms with E-state index in [9.17, 15) is 48.6 Å². The monoisotopic (exact) mass is 853 g/mol. The van der Waals surface area contributed by atoms with E-state index in [1.165, 1.54) is 24.3 Å².